The second-order valence-electron chi connectivity index (χ2n) is 3.77. The molecule has 1 aromatic heterocycles. The van der Waals surface area contributed by atoms with Gasteiger partial charge in [-0.2, -0.15) is 0 Å². The fourth-order valence-corrected chi connectivity index (χ4v) is 1.61. The molecule has 0 spiro atoms. The van der Waals surface area contributed by atoms with Crippen LogP contribution in [0.2, 0.25) is 0 Å². The SMILES string of the molecule is COc1ccc(CC(N)c2ncccn2)cc1. The van der Waals surface area contributed by atoms with Gasteiger partial charge < -0.3 is 10.5 Å². The molecular formula is C13H15N3O. The average molecular weight is 229 g/mol. The van der Waals surface area contributed by atoms with Gasteiger partial charge in [-0.1, -0.05) is 12.1 Å². The van der Waals surface area contributed by atoms with Crippen LogP contribution in [0.1, 0.15) is 17.4 Å². The molecule has 0 bridgehead atoms. The summed E-state index contributed by atoms with van der Waals surface area (Å²) in [6.07, 6.45) is 4.13. The lowest BCUT2D eigenvalue weighted by molar-refractivity contribution is 0.414. The van der Waals surface area contributed by atoms with E-state index in [1.54, 1.807) is 25.6 Å². The number of hydrogen-bond acceptors (Lipinski definition) is 4. The van der Waals surface area contributed by atoms with Crippen molar-refractivity contribution in [2.45, 2.75) is 12.5 Å². The number of aromatic nitrogens is 2. The van der Waals surface area contributed by atoms with E-state index < -0.39 is 0 Å². The van der Waals surface area contributed by atoms with Gasteiger partial charge in [0.15, 0.2) is 0 Å². The molecule has 1 atom stereocenters. The van der Waals surface area contributed by atoms with Crippen LogP contribution in [0.15, 0.2) is 42.7 Å². The van der Waals surface area contributed by atoms with Crippen molar-refractivity contribution >= 4 is 0 Å². The monoisotopic (exact) mass is 229 g/mol. The maximum absolute atomic E-state index is 6.04. The van der Waals surface area contributed by atoms with E-state index >= 15 is 0 Å². The summed E-state index contributed by atoms with van der Waals surface area (Å²) in [5, 5.41) is 0. The van der Waals surface area contributed by atoms with E-state index in [2.05, 4.69) is 9.97 Å². The number of methoxy groups -OCH3 is 1. The maximum Gasteiger partial charge on any atom is 0.145 e. The van der Waals surface area contributed by atoms with Gasteiger partial charge in [-0.05, 0) is 30.2 Å². The predicted molar refractivity (Wildman–Crippen MR) is 65.7 cm³/mol. The number of benzene rings is 1. The predicted octanol–water partition coefficient (Wildman–Crippen LogP) is 1.73. The minimum atomic E-state index is -0.176. The van der Waals surface area contributed by atoms with Gasteiger partial charge >= 0.3 is 0 Å². The highest BCUT2D eigenvalue weighted by Crippen LogP contribution is 2.16. The molecule has 1 unspecified atom stereocenters. The largest absolute Gasteiger partial charge is 0.497 e. The molecule has 4 heteroatoms. The van der Waals surface area contributed by atoms with Gasteiger partial charge in [-0.15, -0.1) is 0 Å². The van der Waals surface area contributed by atoms with Crippen molar-refractivity contribution in [2.24, 2.45) is 5.73 Å². The topological polar surface area (TPSA) is 61.0 Å². The third-order valence-corrected chi connectivity index (χ3v) is 2.53. The Balaban J connectivity index is 2.05. The molecule has 88 valence electrons. The van der Waals surface area contributed by atoms with Crippen LogP contribution >= 0.6 is 0 Å². The number of ether oxygens (including phenoxy) is 1. The first-order valence-corrected chi connectivity index (χ1v) is 5.45. The van der Waals surface area contributed by atoms with Crippen LogP contribution in [-0.4, -0.2) is 17.1 Å². The summed E-state index contributed by atoms with van der Waals surface area (Å²) in [6, 6.07) is 9.46. The van der Waals surface area contributed by atoms with E-state index in [0.29, 0.717) is 12.2 Å². The number of nitrogens with two attached hydrogens (primary N) is 1. The molecule has 2 aromatic rings. The van der Waals surface area contributed by atoms with Crippen molar-refractivity contribution in [3.8, 4) is 5.75 Å². The van der Waals surface area contributed by atoms with Crippen molar-refractivity contribution in [1.29, 1.82) is 0 Å². The zero-order chi connectivity index (χ0) is 12.1. The molecule has 0 amide bonds. The smallest absolute Gasteiger partial charge is 0.145 e. The first-order valence-electron chi connectivity index (χ1n) is 5.45. The molecule has 0 aliphatic heterocycles. The normalized spacial score (nSPS) is 12.1. The van der Waals surface area contributed by atoms with Gasteiger partial charge in [0.05, 0.1) is 13.2 Å². The molecule has 4 nitrogen and oxygen atoms in total. The second kappa shape index (κ2) is 5.41. The van der Waals surface area contributed by atoms with Gasteiger partial charge in [0.25, 0.3) is 0 Å². The quantitative estimate of drug-likeness (QED) is 0.867. The van der Waals surface area contributed by atoms with Crippen LogP contribution in [0.5, 0.6) is 5.75 Å². The van der Waals surface area contributed by atoms with E-state index in [9.17, 15) is 0 Å². The summed E-state index contributed by atoms with van der Waals surface area (Å²) in [5.74, 6) is 1.52. The van der Waals surface area contributed by atoms with Crippen LogP contribution in [0.3, 0.4) is 0 Å². The zero-order valence-electron chi connectivity index (χ0n) is 9.71. The molecule has 1 heterocycles. The van der Waals surface area contributed by atoms with Crippen LogP contribution in [-0.2, 0) is 6.42 Å². The molecule has 2 rings (SSSR count). The Kier molecular flexibility index (Phi) is 3.67. The number of hydrogen-bond donors (Lipinski definition) is 1. The van der Waals surface area contributed by atoms with E-state index in [4.69, 9.17) is 10.5 Å². The number of rotatable bonds is 4. The van der Waals surface area contributed by atoms with Crippen molar-refractivity contribution < 1.29 is 4.74 Å². The van der Waals surface area contributed by atoms with Crippen molar-refractivity contribution in [3.05, 3.63) is 54.1 Å². The van der Waals surface area contributed by atoms with E-state index in [0.717, 1.165) is 11.3 Å². The van der Waals surface area contributed by atoms with E-state index in [-0.39, 0.29) is 6.04 Å². The average Bonchev–Trinajstić information content (AvgIpc) is 2.40. The Bertz CT molecular complexity index is 456. The van der Waals surface area contributed by atoms with E-state index in [1.165, 1.54) is 0 Å². The van der Waals surface area contributed by atoms with Crippen LogP contribution in [0, 0.1) is 0 Å². The van der Waals surface area contributed by atoms with Crippen molar-refractivity contribution in [2.75, 3.05) is 7.11 Å². The Morgan fingerprint density at radius 3 is 2.41 bits per heavy atom. The lowest BCUT2D eigenvalue weighted by atomic mass is 10.1. The summed E-state index contributed by atoms with van der Waals surface area (Å²) in [4.78, 5) is 8.30. The minimum Gasteiger partial charge on any atom is -0.497 e. The molecule has 0 aliphatic carbocycles. The fourth-order valence-electron chi connectivity index (χ4n) is 1.61. The van der Waals surface area contributed by atoms with Gasteiger partial charge in [0, 0.05) is 12.4 Å². The van der Waals surface area contributed by atoms with Crippen molar-refractivity contribution in [1.82, 2.24) is 9.97 Å². The second-order valence-corrected chi connectivity index (χ2v) is 3.77. The lowest BCUT2D eigenvalue weighted by Crippen LogP contribution is -2.16. The van der Waals surface area contributed by atoms with E-state index in [1.807, 2.05) is 24.3 Å². The molecule has 2 N–H and O–H groups in total. The Labute approximate surface area is 100 Å². The highest BCUT2D eigenvalue weighted by atomic mass is 16.5. The Morgan fingerprint density at radius 2 is 1.82 bits per heavy atom. The maximum atomic E-state index is 6.04. The summed E-state index contributed by atoms with van der Waals surface area (Å²) in [6.45, 7) is 0. The first-order chi connectivity index (χ1) is 8.29. The molecule has 1 aromatic carbocycles. The van der Waals surface area contributed by atoms with Gasteiger partial charge in [0.2, 0.25) is 0 Å². The first kappa shape index (κ1) is 11.5. The highest BCUT2D eigenvalue weighted by Gasteiger charge is 2.09. The molecule has 0 saturated heterocycles. The summed E-state index contributed by atoms with van der Waals surface area (Å²) in [5.41, 5.74) is 7.19. The number of nitrogens with zero attached hydrogens (tertiary/aromatic N) is 2. The minimum absolute atomic E-state index is 0.176. The summed E-state index contributed by atoms with van der Waals surface area (Å²) >= 11 is 0. The molecule has 0 fully saturated rings. The zero-order valence-corrected chi connectivity index (χ0v) is 9.71. The highest BCUT2D eigenvalue weighted by molar-refractivity contribution is 5.27. The molecule has 0 aliphatic rings. The summed E-state index contributed by atoms with van der Waals surface area (Å²) in [7, 11) is 1.65. The Hall–Kier alpha value is -1.94. The standard InChI is InChI=1S/C13H15N3O/c1-17-11-5-3-10(4-6-11)9-12(14)13-15-7-2-8-16-13/h2-8,12H,9,14H2,1H3. The molecular weight excluding hydrogens is 214 g/mol. The fraction of sp³-hybridized carbons (Fsp3) is 0.231. The van der Waals surface area contributed by atoms with Crippen molar-refractivity contribution in [3.63, 3.8) is 0 Å². The van der Waals surface area contributed by atoms with Gasteiger partial charge in [-0.25, -0.2) is 9.97 Å². The van der Waals surface area contributed by atoms with Gasteiger partial charge in [-0.3, -0.25) is 0 Å². The van der Waals surface area contributed by atoms with Gasteiger partial charge in [0.1, 0.15) is 11.6 Å². The third kappa shape index (κ3) is 3.01. The lowest BCUT2D eigenvalue weighted by Gasteiger charge is -2.10. The molecule has 0 saturated carbocycles. The van der Waals surface area contributed by atoms with Crippen LogP contribution < -0.4 is 10.5 Å². The third-order valence-electron chi connectivity index (χ3n) is 2.53. The Morgan fingerprint density at radius 1 is 1.18 bits per heavy atom. The summed E-state index contributed by atoms with van der Waals surface area (Å²) < 4.78 is 5.10. The molecule has 17 heavy (non-hydrogen) atoms. The molecule has 0 radical (unpaired) electrons. The van der Waals surface area contributed by atoms with Crippen LogP contribution in [0.25, 0.3) is 0 Å². The van der Waals surface area contributed by atoms with Crippen LogP contribution in [0.4, 0.5) is 0 Å².